The van der Waals surface area contributed by atoms with E-state index < -0.39 is 24.6 Å². The summed E-state index contributed by atoms with van der Waals surface area (Å²) in [7, 11) is 0. The zero-order valence-electron chi connectivity index (χ0n) is 13.8. The van der Waals surface area contributed by atoms with Crippen molar-refractivity contribution in [2.24, 2.45) is 5.41 Å². The molecule has 0 N–H and O–H groups in total. The molecule has 0 aromatic heterocycles. The van der Waals surface area contributed by atoms with Crippen molar-refractivity contribution in [3.8, 4) is 0 Å². The van der Waals surface area contributed by atoms with Crippen LogP contribution in [0.25, 0.3) is 0 Å². The summed E-state index contributed by atoms with van der Waals surface area (Å²) in [6, 6.07) is 6.28. The van der Waals surface area contributed by atoms with Gasteiger partial charge in [0.2, 0.25) is 5.91 Å². The lowest BCUT2D eigenvalue weighted by atomic mass is 9.92. The molecule has 134 valence electrons. The van der Waals surface area contributed by atoms with Crippen LogP contribution in [0.3, 0.4) is 0 Å². The molecule has 4 nitrogen and oxygen atoms in total. The fourth-order valence-corrected chi connectivity index (χ4v) is 2.65. The van der Waals surface area contributed by atoms with Gasteiger partial charge in [0.1, 0.15) is 18.5 Å². The number of carbonyl (C=O) groups is 1. The van der Waals surface area contributed by atoms with E-state index in [0.29, 0.717) is 18.7 Å². The molecule has 0 bridgehead atoms. The summed E-state index contributed by atoms with van der Waals surface area (Å²) in [5.74, 6) is -0.599. The number of hydrogen-bond donors (Lipinski definition) is 0. The van der Waals surface area contributed by atoms with Gasteiger partial charge in [-0.15, -0.1) is 0 Å². The van der Waals surface area contributed by atoms with E-state index in [0.717, 1.165) is 0 Å². The van der Waals surface area contributed by atoms with Crippen LogP contribution in [0, 0.1) is 11.2 Å². The van der Waals surface area contributed by atoms with Crippen LogP contribution < -0.4 is 0 Å². The molecule has 2 rings (SSSR count). The molecule has 1 amide bonds. The van der Waals surface area contributed by atoms with Gasteiger partial charge in [-0.05, 0) is 19.9 Å². The third-order valence-electron chi connectivity index (χ3n) is 3.89. The highest BCUT2D eigenvalue weighted by Crippen LogP contribution is 2.28. The SMILES string of the molecule is CC(C)(COCC(F)F)C(=O)N1CCO[C@H](c2ccccc2F)C1. The van der Waals surface area contributed by atoms with Crippen LogP contribution in [0.2, 0.25) is 0 Å². The average molecular weight is 345 g/mol. The van der Waals surface area contributed by atoms with Gasteiger partial charge in [-0.3, -0.25) is 4.79 Å². The van der Waals surface area contributed by atoms with Gasteiger partial charge in [0.05, 0.1) is 25.2 Å². The number of carbonyl (C=O) groups excluding carboxylic acids is 1. The second kappa shape index (κ2) is 7.98. The minimum atomic E-state index is -2.57. The summed E-state index contributed by atoms with van der Waals surface area (Å²) in [6.07, 6.45) is -3.11. The lowest BCUT2D eigenvalue weighted by molar-refractivity contribution is -0.152. The van der Waals surface area contributed by atoms with Crippen molar-refractivity contribution in [3.63, 3.8) is 0 Å². The second-order valence-corrected chi connectivity index (χ2v) is 6.42. The number of nitrogens with zero attached hydrogens (tertiary/aromatic N) is 1. The Morgan fingerprint density at radius 2 is 2.12 bits per heavy atom. The molecule has 1 heterocycles. The Hall–Kier alpha value is -1.60. The molecule has 1 aliphatic heterocycles. The number of halogens is 3. The number of morpholine rings is 1. The fourth-order valence-electron chi connectivity index (χ4n) is 2.65. The van der Waals surface area contributed by atoms with Crippen molar-refractivity contribution in [1.82, 2.24) is 4.90 Å². The molecule has 0 spiro atoms. The van der Waals surface area contributed by atoms with E-state index in [4.69, 9.17) is 9.47 Å². The quantitative estimate of drug-likeness (QED) is 0.795. The summed E-state index contributed by atoms with van der Waals surface area (Å²) in [6.45, 7) is 3.39. The van der Waals surface area contributed by atoms with Crippen molar-refractivity contribution in [1.29, 1.82) is 0 Å². The lowest BCUT2D eigenvalue weighted by Crippen LogP contribution is -2.49. The summed E-state index contributed by atoms with van der Waals surface area (Å²) in [5.41, 5.74) is -0.534. The minimum absolute atomic E-state index is 0.0993. The van der Waals surface area contributed by atoms with E-state index in [1.165, 1.54) is 6.07 Å². The van der Waals surface area contributed by atoms with Crippen molar-refractivity contribution in [3.05, 3.63) is 35.6 Å². The maximum absolute atomic E-state index is 13.9. The Balaban J connectivity index is 2.00. The Morgan fingerprint density at radius 3 is 2.79 bits per heavy atom. The molecule has 0 saturated carbocycles. The van der Waals surface area contributed by atoms with E-state index in [1.807, 2.05) is 0 Å². The standard InChI is InChI=1S/C17H22F3NO3/c1-17(2,11-23-10-15(19)20)16(22)21-7-8-24-14(9-21)12-5-3-4-6-13(12)18/h3-6,14-15H,7-11H2,1-2H3/t14-/m0/s1. The molecule has 1 atom stereocenters. The summed E-state index contributed by atoms with van der Waals surface area (Å²) >= 11 is 0. The Morgan fingerprint density at radius 1 is 1.42 bits per heavy atom. The van der Waals surface area contributed by atoms with E-state index >= 15 is 0 Å². The fraction of sp³-hybridized carbons (Fsp3) is 0.588. The van der Waals surface area contributed by atoms with E-state index in [-0.39, 0.29) is 24.9 Å². The third-order valence-corrected chi connectivity index (χ3v) is 3.89. The molecule has 1 aliphatic rings. The first-order valence-corrected chi connectivity index (χ1v) is 7.82. The minimum Gasteiger partial charge on any atom is -0.374 e. The molecule has 1 fully saturated rings. The highest BCUT2D eigenvalue weighted by Gasteiger charge is 2.36. The van der Waals surface area contributed by atoms with Crippen molar-refractivity contribution < 1.29 is 27.4 Å². The van der Waals surface area contributed by atoms with Crippen molar-refractivity contribution in [2.45, 2.75) is 26.4 Å². The molecule has 0 unspecified atom stereocenters. The number of alkyl halides is 2. The van der Waals surface area contributed by atoms with E-state index in [1.54, 1.807) is 36.9 Å². The number of ether oxygens (including phenoxy) is 2. The van der Waals surface area contributed by atoms with Crippen LogP contribution in [-0.4, -0.2) is 50.1 Å². The van der Waals surface area contributed by atoms with E-state index in [2.05, 4.69) is 0 Å². The molecular weight excluding hydrogens is 323 g/mol. The van der Waals surface area contributed by atoms with Gasteiger partial charge < -0.3 is 14.4 Å². The average Bonchev–Trinajstić information content (AvgIpc) is 2.54. The summed E-state index contributed by atoms with van der Waals surface area (Å²) in [5, 5.41) is 0. The van der Waals surface area contributed by atoms with Crippen LogP contribution in [0.4, 0.5) is 13.2 Å². The molecule has 7 heteroatoms. The normalized spacial score (nSPS) is 18.9. The van der Waals surface area contributed by atoms with Crippen LogP contribution in [0.5, 0.6) is 0 Å². The smallest absolute Gasteiger partial charge is 0.261 e. The number of amides is 1. The van der Waals surface area contributed by atoms with Crippen LogP contribution in [0.1, 0.15) is 25.5 Å². The lowest BCUT2D eigenvalue weighted by Gasteiger charge is -2.37. The van der Waals surface area contributed by atoms with Gasteiger partial charge in [-0.25, -0.2) is 13.2 Å². The van der Waals surface area contributed by atoms with Crippen molar-refractivity contribution >= 4 is 5.91 Å². The highest BCUT2D eigenvalue weighted by molar-refractivity contribution is 5.82. The molecule has 1 saturated heterocycles. The predicted octanol–water partition coefficient (Wildman–Crippen LogP) is 3.03. The number of benzene rings is 1. The first-order valence-electron chi connectivity index (χ1n) is 7.82. The zero-order valence-corrected chi connectivity index (χ0v) is 13.8. The Labute approximate surface area is 139 Å². The van der Waals surface area contributed by atoms with Gasteiger partial charge in [-0.1, -0.05) is 18.2 Å². The molecule has 0 aliphatic carbocycles. The maximum atomic E-state index is 13.9. The van der Waals surface area contributed by atoms with E-state index in [9.17, 15) is 18.0 Å². The van der Waals surface area contributed by atoms with Crippen LogP contribution >= 0.6 is 0 Å². The van der Waals surface area contributed by atoms with Gasteiger partial charge in [0.15, 0.2) is 0 Å². The highest BCUT2D eigenvalue weighted by atomic mass is 19.3. The molecular formula is C17H22F3NO3. The molecule has 1 aromatic rings. The van der Waals surface area contributed by atoms with Gasteiger partial charge >= 0.3 is 0 Å². The molecule has 24 heavy (non-hydrogen) atoms. The van der Waals surface area contributed by atoms with Crippen LogP contribution in [0.15, 0.2) is 24.3 Å². The zero-order chi connectivity index (χ0) is 17.7. The topological polar surface area (TPSA) is 38.8 Å². The largest absolute Gasteiger partial charge is 0.374 e. The third kappa shape index (κ3) is 4.70. The monoisotopic (exact) mass is 345 g/mol. The first-order chi connectivity index (χ1) is 11.3. The second-order valence-electron chi connectivity index (χ2n) is 6.42. The van der Waals surface area contributed by atoms with Gasteiger partial charge in [-0.2, -0.15) is 0 Å². The molecule has 0 radical (unpaired) electrons. The number of rotatable bonds is 6. The number of hydrogen-bond acceptors (Lipinski definition) is 3. The predicted molar refractivity (Wildman–Crippen MR) is 82.3 cm³/mol. The Bertz CT molecular complexity index is 566. The van der Waals surface area contributed by atoms with Gasteiger partial charge in [0, 0.05) is 12.1 Å². The molecule has 1 aromatic carbocycles. The van der Waals surface area contributed by atoms with Crippen molar-refractivity contribution in [2.75, 3.05) is 32.9 Å². The summed E-state index contributed by atoms with van der Waals surface area (Å²) < 4.78 is 48.7. The van der Waals surface area contributed by atoms with Crippen LogP contribution in [-0.2, 0) is 14.3 Å². The summed E-state index contributed by atoms with van der Waals surface area (Å²) in [4.78, 5) is 14.2. The first kappa shape index (κ1) is 18.7. The maximum Gasteiger partial charge on any atom is 0.261 e. The van der Waals surface area contributed by atoms with Gasteiger partial charge in [0.25, 0.3) is 6.43 Å². The Kier molecular flexibility index (Phi) is 6.23.